The van der Waals surface area contributed by atoms with Gasteiger partial charge in [-0.05, 0) is 35.4 Å². The Balaban J connectivity index is 1.38. The van der Waals surface area contributed by atoms with Gasteiger partial charge in [0.15, 0.2) is 0 Å². The first-order chi connectivity index (χ1) is 12.2. The molecule has 1 aliphatic rings. The van der Waals surface area contributed by atoms with Crippen molar-refractivity contribution in [3.63, 3.8) is 0 Å². The maximum absolute atomic E-state index is 12.2. The first-order valence-electron chi connectivity index (χ1n) is 8.20. The summed E-state index contributed by atoms with van der Waals surface area (Å²) >= 11 is 1.45. The molecule has 3 aromatic rings. The molecule has 25 heavy (non-hydrogen) atoms. The first kappa shape index (κ1) is 15.8. The van der Waals surface area contributed by atoms with Gasteiger partial charge in [-0.2, -0.15) is 4.68 Å². The number of aryl methyl sites for hydroxylation is 2. The molecule has 0 fully saturated rings. The number of hydrogen-bond donors (Lipinski definition) is 1. The molecule has 0 saturated heterocycles. The summed E-state index contributed by atoms with van der Waals surface area (Å²) in [6.45, 7) is 0.202. The molecule has 1 unspecified atom stereocenters. The van der Waals surface area contributed by atoms with Crippen LogP contribution in [0.2, 0.25) is 0 Å². The molecular weight excluding hydrogens is 338 g/mol. The van der Waals surface area contributed by atoms with Gasteiger partial charge in [-0.3, -0.25) is 4.79 Å². The van der Waals surface area contributed by atoms with Crippen LogP contribution in [-0.4, -0.2) is 15.7 Å². The molecule has 0 radical (unpaired) electrons. The van der Waals surface area contributed by atoms with Crippen LogP contribution >= 0.6 is 11.3 Å². The van der Waals surface area contributed by atoms with E-state index >= 15 is 0 Å². The molecule has 2 aromatic heterocycles. The third-order valence-corrected chi connectivity index (χ3v) is 5.21. The Morgan fingerprint density at radius 1 is 1.32 bits per heavy atom. The van der Waals surface area contributed by atoms with Crippen molar-refractivity contribution in [1.29, 1.82) is 0 Å². The number of carbonyl (C=O) groups is 1. The van der Waals surface area contributed by atoms with Crippen LogP contribution in [0.1, 0.15) is 30.0 Å². The van der Waals surface area contributed by atoms with Crippen LogP contribution < -0.4 is 11.1 Å². The zero-order chi connectivity index (χ0) is 17.2. The smallest absolute Gasteiger partial charge is 0.387 e. The van der Waals surface area contributed by atoms with Gasteiger partial charge in [0.05, 0.1) is 17.5 Å². The second-order valence-electron chi connectivity index (χ2n) is 5.98. The number of thiophene rings is 1. The van der Waals surface area contributed by atoms with E-state index in [1.54, 1.807) is 0 Å². The summed E-state index contributed by atoms with van der Waals surface area (Å²) in [4.78, 5) is 24.9. The molecule has 0 spiro atoms. The van der Waals surface area contributed by atoms with Crippen molar-refractivity contribution in [2.45, 2.75) is 31.8 Å². The number of carbonyl (C=O) groups excluding carboxylic acids is 1. The van der Waals surface area contributed by atoms with E-state index in [1.165, 1.54) is 27.1 Å². The summed E-state index contributed by atoms with van der Waals surface area (Å²) in [5.74, 6) is -0.332. The van der Waals surface area contributed by atoms with Crippen LogP contribution in [-0.2, 0) is 17.8 Å². The largest absolute Gasteiger partial charge is 0.437 e. The van der Waals surface area contributed by atoms with Crippen molar-refractivity contribution in [3.8, 4) is 10.8 Å². The Bertz CT molecular complexity index is 943. The predicted octanol–water partition coefficient (Wildman–Crippen LogP) is 2.76. The zero-order valence-corrected chi connectivity index (χ0v) is 14.3. The van der Waals surface area contributed by atoms with E-state index in [0.717, 1.165) is 17.7 Å². The van der Waals surface area contributed by atoms with Gasteiger partial charge in [0, 0.05) is 6.42 Å². The second-order valence-corrected chi connectivity index (χ2v) is 6.93. The molecule has 4 rings (SSSR count). The Morgan fingerprint density at radius 3 is 3.04 bits per heavy atom. The number of nitrogens with one attached hydrogen (secondary N) is 1. The van der Waals surface area contributed by atoms with Crippen molar-refractivity contribution >= 4 is 17.2 Å². The lowest BCUT2D eigenvalue weighted by atomic mass is 10.1. The van der Waals surface area contributed by atoms with Crippen LogP contribution in [0.15, 0.2) is 51.0 Å². The van der Waals surface area contributed by atoms with E-state index in [9.17, 15) is 9.59 Å². The minimum Gasteiger partial charge on any atom is -0.387 e. The minimum absolute atomic E-state index is 0.0550. The SMILES string of the molecule is O=C(CCn1nc(-c2cccs2)oc1=O)NC1CCc2ccccc21. The summed E-state index contributed by atoms with van der Waals surface area (Å²) < 4.78 is 6.35. The Kier molecular flexibility index (Phi) is 4.23. The van der Waals surface area contributed by atoms with Crippen molar-refractivity contribution in [2.75, 3.05) is 0 Å². The fourth-order valence-corrected chi connectivity index (χ4v) is 3.77. The summed E-state index contributed by atoms with van der Waals surface area (Å²) in [5.41, 5.74) is 2.48. The van der Waals surface area contributed by atoms with Crippen molar-refractivity contribution < 1.29 is 9.21 Å². The minimum atomic E-state index is -0.539. The average molecular weight is 355 g/mol. The van der Waals surface area contributed by atoms with E-state index in [4.69, 9.17) is 4.42 Å². The molecule has 0 bridgehead atoms. The molecule has 0 aliphatic heterocycles. The second kappa shape index (κ2) is 6.68. The maximum atomic E-state index is 12.2. The lowest BCUT2D eigenvalue weighted by Gasteiger charge is -2.13. The normalized spacial score (nSPS) is 15.9. The van der Waals surface area contributed by atoms with E-state index in [2.05, 4.69) is 22.5 Å². The Hall–Kier alpha value is -2.67. The monoisotopic (exact) mass is 355 g/mol. The molecule has 1 N–H and O–H groups in total. The highest BCUT2D eigenvalue weighted by molar-refractivity contribution is 7.13. The van der Waals surface area contributed by atoms with E-state index in [0.29, 0.717) is 5.89 Å². The maximum Gasteiger partial charge on any atom is 0.437 e. The first-order valence-corrected chi connectivity index (χ1v) is 9.07. The highest BCUT2D eigenvalue weighted by Crippen LogP contribution is 2.30. The fraction of sp³-hybridized carbons (Fsp3) is 0.278. The lowest BCUT2D eigenvalue weighted by Crippen LogP contribution is -2.29. The summed E-state index contributed by atoms with van der Waals surface area (Å²) in [7, 11) is 0. The molecular formula is C18H17N3O3S. The number of benzene rings is 1. The number of rotatable bonds is 5. The number of fused-ring (bicyclic) bond motifs is 1. The van der Waals surface area contributed by atoms with Crippen LogP contribution in [0.3, 0.4) is 0 Å². The average Bonchev–Trinajstić information content (AvgIpc) is 3.34. The van der Waals surface area contributed by atoms with Crippen LogP contribution in [0.4, 0.5) is 0 Å². The van der Waals surface area contributed by atoms with Crippen LogP contribution in [0.25, 0.3) is 10.8 Å². The molecule has 1 aromatic carbocycles. The molecule has 6 nitrogen and oxygen atoms in total. The van der Waals surface area contributed by atoms with Crippen molar-refractivity contribution in [3.05, 3.63) is 63.5 Å². The number of aromatic nitrogens is 2. The Labute approximate surface area is 148 Å². The third-order valence-electron chi connectivity index (χ3n) is 4.36. The molecule has 7 heteroatoms. The number of nitrogens with zero attached hydrogens (tertiary/aromatic N) is 2. The van der Waals surface area contributed by atoms with Crippen molar-refractivity contribution in [1.82, 2.24) is 15.1 Å². The molecule has 128 valence electrons. The topological polar surface area (TPSA) is 77.1 Å². The highest BCUT2D eigenvalue weighted by atomic mass is 32.1. The van der Waals surface area contributed by atoms with Gasteiger partial charge in [-0.15, -0.1) is 16.4 Å². The summed E-state index contributed by atoms with van der Waals surface area (Å²) in [5, 5.41) is 9.10. The van der Waals surface area contributed by atoms with Gasteiger partial charge in [0.25, 0.3) is 5.89 Å². The Morgan fingerprint density at radius 2 is 2.20 bits per heavy atom. The van der Waals surface area contributed by atoms with Gasteiger partial charge in [0.2, 0.25) is 5.91 Å². The molecule has 0 saturated carbocycles. The molecule has 1 aliphatic carbocycles. The van der Waals surface area contributed by atoms with E-state index in [-0.39, 0.29) is 24.9 Å². The van der Waals surface area contributed by atoms with Gasteiger partial charge in [0.1, 0.15) is 0 Å². The standard InChI is InChI=1S/C18H17N3O3S/c22-16(19-14-8-7-12-4-1-2-5-13(12)14)9-10-21-18(23)24-17(20-21)15-6-3-11-25-15/h1-6,11,14H,7-10H2,(H,19,22). The summed E-state index contributed by atoms with van der Waals surface area (Å²) in [6, 6.07) is 11.9. The van der Waals surface area contributed by atoms with Crippen LogP contribution in [0, 0.1) is 0 Å². The zero-order valence-electron chi connectivity index (χ0n) is 13.5. The predicted molar refractivity (Wildman–Crippen MR) is 94.3 cm³/mol. The highest BCUT2D eigenvalue weighted by Gasteiger charge is 2.23. The quantitative estimate of drug-likeness (QED) is 0.763. The van der Waals surface area contributed by atoms with Gasteiger partial charge in [-0.25, -0.2) is 4.79 Å². The van der Waals surface area contributed by atoms with Crippen LogP contribution in [0.5, 0.6) is 0 Å². The van der Waals surface area contributed by atoms with Gasteiger partial charge in [-0.1, -0.05) is 30.3 Å². The number of hydrogen-bond acceptors (Lipinski definition) is 5. The van der Waals surface area contributed by atoms with E-state index in [1.807, 2.05) is 29.6 Å². The number of amides is 1. The lowest BCUT2D eigenvalue weighted by molar-refractivity contribution is -0.122. The van der Waals surface area contributed by atoms with Gasteiger partial charge >= 0.3 is 5.76 Å². The fourth-order valence-electron chi connectivity index (χ4n) is 3.13. The molecule has 1 amide bonds. The van der Waals surface area contributed by atoms with Crippen molar-refractivity contribution in [2.24, 2.45) is 0 Å². The summed E-state index contributed by atoms with van der Waals surface area (Å²) in [6.07, 6.45) is 2.08. The van der Waals surface area contributed by atoms with Gasteiger partial charge < -0.3 is 9.73 Å². The van der Waals surface area contributed by atoms with E-state index < -0.39 is 5.76 Å². The molecule has 1 atom stereocenters. The molecule has 2 heterocycles. The third kappa shape index (κ3) is 3.28.